The minimum absolute atomic E-state index is 0.823. The van der Waals surface area contributed by atoms with Crippen molar-refractivity contribution in [3.05, 3.63) is 0 Å². The van der Waals surface area contributed by atoms with Crippen LogP contribution in [0.3, 0.4) is 0 Å². The van der Waals surface area contributed by atoms with Crippen LogP contribution in [0.25, 0.3) is 0 Å². The summed E-state index contributed by atoms with van der Waals surface area (Å²) in [6.45, 7) is 6.79. The number of hydrogen-bond donors (Lipinski definition) is 1. The summed E-state index contributed by atoms with van der Waals surface area (Å²) in [4.78, 5) is 0. The number of hydrogen-bond acceptors (Lipinski definition) is 2. The van der Waals surface area contributed by atoms with E-state index in [9.17, 15) is 0 Å². The normalized spacial score (nSPS) is 32.8. The third-order valence-corrected chi connectivity index (χ3v) is 4.30. The highest BCUT2D eigenvalue weighted by Gasteiger charge is 2.19. The van der Waals surface area contributed by atoms with E-state index >= 15 is 0 Å². The molecule has 2 rings (SSSR count). The van der Waals surface area contributed by atoms with E-state index in [1.54, 1.807) is 0 Å². The zero-order valence-electron chi connectivity index (χ0n) is 10.7. The molecule has 0 amide bonds. The molecule has 2 fully saturated rings. The van der Waals surface area contributed by atoms with Gasteiger partial charge in [-0.25, -0.2) is 0 Å². The largest absolute Gasteiger partial charge is 0.381 e. The van der Waals surface area contributed by atoms with Crippen molar-refractivity contribution in [3.63, 3.8) is 0 Å². The maximum absolute atomic E-state index is 5.92. The summed E-state index contributed by atoms with van der Waals surface area (Å²) in [5.41, 5.74) is 0. The predicted molar refractivity (Wildman–Crippen MR) is 67.5 cm³/mol. The first-order valence-electron chi connectivity index (χ1n) is 7.13. The van der Waals surface area contributed by atoms with E-state index in [-0.39, 0.29) is 0 Å². The van der Waals surface area contributed by atoms with E-state index in [0.29, 0.717) is 0 Å². The van der Waals surface area contributed by atoms with Gasteiger partial charge in [0.05, 0.1) is 0 Å². The van der Waals surface area contributed by atoms with Crippen LogP contribution in [0.15, 0.2) is 0 Å². The number of ether oxygens (including phenoxy) is 1. The zero-order valence-corrected chi connectivity index (χ0v) is 10.7. The quantitative estimate of drug-likeness (QED) is 0.794. The van der Waals surface area contributed by atoms with Gasteiger partial charge in [0.2, 0.25) is 0 Å². The van der Waals surface area contributed by atoms with Gasteiger partial charge in [-0.15, -0.1) is 0 Å². The highest BCUT2D eigenvalue weighted by atomic mass is 16.5. The van der Waals surface area contributed by atoms with Gasteiger partial charge in [0.15, 0.2) is 0 Å². The van der Waals surface area contributed by atoms with E-state index in [1.165, 1.54) is 51.6 Å². The van der Waals surface area contributed by atoms with Crippen molar-refractivity contribution in [1.29, 1.82) is 0 Å². The summed E-state index contributed by atoms with van der Waals surface area (Å²) in [5, 5.41) is 3.40. The Morgan fingerprint density at radius 1 is 0.875 bits per heavy atom. The third kappa shape index (κ3) is 4.06. The Kier molecular flexibility index (Phi) is 5.11. The molecule has 0 bridgehead atoms. The summed E-state index contributed by atoms with van der Waals surface area (Å²) in [7, 11) is 0. The van der Waals surface area contributed by atoms with E-state index < -0.39 is 0 Å². The molecular weight excluding hydrogens is 198 g/mol. The first kappa shape index (κ1) is 12.4. The van der Waals surface area contributed by atoms with Crippen LogP contribution in [0.1, 0.15) is 45.4 Å². The molecule has 2 heteroatoms. The topological polar surface area (TPSA) is 21.3 Å². The van der Waals surface area contributed by atoms with Crippen LogP contribution in [-0.4, -0.2) is 26.3 Å². The van der Waals surface area contributed by atoms with Gasteiger partial charge in [-0.05, 0) is 56.5 Å². The van der Waals surface area contributed by atoms with Gasteiger partial charge in [0.1, 0.15) is 0 Å². The molecule has 0 aromatic carbocycles. The maximum atomic E-state index is 5.92. The summed E-state index contributed by atoms with van der Waals surface area (Å²) in [6.07, 6.45) is 8.24. The number of piperidine rings is 1. The molecule has 2 nitrogen and oxygen atoms in total. The molecule has 2 aliphatic rings. The fourth-order valence-electron chi connectivity index (χ4n) is 2.95. The van der Waals surface area contributed by atoms with Crippen LogP contribution in [0.5, 0.6) is 0 Å². The molecular formula is C14H27NO. The average Bonchev–Trinajstić information content (AvgIpc) is 2.33. The molecule has 1 heterocycles. The van der Waals surface area contributed by atoms with E-state index in [4.69, 9.17) is 4.74 Å². The third-order valence-electron chi connectivity index (χ3n) is 4.30. The lowest BCUT2D eigenvalue weighted by atomic mass is 9.83. The van der Waals surface area contributed by atoms with Crippen LogP contribution in [0.4, 0.5) is 0 Å². The van der Waals surface area contributed by atoms with Crippen molar-refractivity contribution in [2.75, 3.05) is 26.3 Å². The van der Waals surface area contributed by atoms with Gasteiger partial charge in [-0.3, -0.25) is 0 Å². The van der Waals surface area contributed by atoms with E-state index in [2.05, 4.69) is 12.2 Å². The summed E-state index contributed by atoms with van der Waals surface area (Å²) in [5.74, 6) is 2.64. The van der Waals surface area contributed by atoms with Crippen LogP contribution >= 0.6 is 0 Å². The molecule has 1 saturated carbocycles. The van der Waals surface area contributed by atoms with Crippen LogP contribution in [0.2, 0.25) is 0 Å². The summed E-state index contributed by atoms with van der Waals surface area (Å²) >= 11 is 0. The molecule has 94 valence electrons. The first-order valence-corrected chi connectivity index (χ1v) is 7.13. The Balaban J connectivity index is 1.53. The minimum Gasteiger partial charge on any atom is -0.381 e. The van der Waals surface area contributed by atoms with Gasteiger partial charge < -0.3 is 10.1 Å². The van der Waals surface area contributed by atoms with E-state index in [0.717, 1.165) is 31.0 Å². The molecule has 0 radical (unpaired) electrons. The number of rotatable bonds is 4. The molecule has 1 aliphatic heterocycles. The lowest BCUT2D eigenvalue weighted by molar-refractivity contribution is 0.0486. The highest BCUT2D eigenvalue weighted by Crippen LogP contribution is 2.28. The lowest BCUT2D eigenvalue weighted by Crippen LogP contribution is -2.30. The van der Waals surface area contributed by atoms with Crippen molar-refractivity contribution in [2.24, 2.45) is 17.8 Å². The Labute approximate surface area is 100 Å². The van der Waals surface area contributed by atoms with Crippen LogP contribution in [0, 0.1) is 17.8 Å². The smallest absolute Gasteiger partial charge is 0.0495 e. The molecule has 0 atom stereocenters. The van der Waals surface area contributed by atoms with Gasteiger partial charge in [-0.2, -0.15) is 0 Å². The van der Waals surface area contributed by atoms with Crippen LogP contribution < -0.4 is 5.32 Å². The summed E-state index contributed by atoms with van der Waals surface area (Å²) < 4.78 is 5.92. The SMILES string of the molecule is CC1CCC(COCC2CCNCC2)CC1. The molecule has 1 saturated heterocycles. The predicted octanol–water partition coefficient (Wildman–Crippen LogP) is 2.83. The second kappa shape index (κ2) is 6.61. The summed E-state index contributed by atoms with van der Waals surface area (Å²) in [6, 6.07) is 0. The molecule has 0 aromatic rings. The van der Waals surface area contributed by atoms with Crippen molar-refractivity contribution in [2.45, 2.75) is 45.4 Å². The maximum Gasteiger partial charge on any atom is 0.0495 e. The first-order chi connectivity index (χ1) is 7.84. The Bertz CT molecular complexity index is 181. The van der Waals surface area contributed by atoms with Crippen molar-refractivity contribution in [1.82, 2.24) is 5.32 Å². The lowest BCUT2D eigenvalue weighted by Gasteiger charge is -2.27. The molecule has 0 unspecified atom stereocenters. The van der Waals surface area contributed by atoms with Gasteiger partial charge >= 0.3 is 0 Å². The Morgan fingerprint density at radius 2 is 1.44 bits per heavy atom. The second-order valence-corrected chi connectivity index (χ2v) is 5.86. The molecule has 0 aromatic heterocycles. The molecule has 0 spiro atoms. The monoisotopic (exact) mass is 225 g/mol. The van der Waals surface area contributed by atoms with Gasteiger partial charge in [0, 0.05) is 13.2 Å². The average molecular weight is 225 g/mol. The van der Waals surface area contributed by atoms with Crippen molar-refractivity contribution >= 4 is 0 Å². The molecule has 1 N–H and O–H groups in total. The van der Waals surface area contributed by atoms with Gasteiger partial charge in [-0.1, -0.05) is 19.8 Å². The molecule has 1 aliphatic carbocycles. The fourth-order valence-corrected chi connectivity index (χ4v) is 2.95. The van der Waals surface area contributed by atoms with Gasteiger partial charge in [0.25, 0.3) is 0 Å². The van der Waals surface area contributed by atoms with Crippen molar-refractivity contribution < 1.29 is 4.74 Å². The Hall–Kier alpha value is -0.0800. The molecule has 16 heavy (non-hydrogen) atoms. The fraction of sp³-hybridized carbons (Fsp3) is 1.00. The highest BCUT2D eigenvalue weighted by molar-refractivity contribution is 4.71. The van der Waals surface area contributed by atoms with Crippen LogP contribution in [-0.2, 0) is 4.74 Å². The zero-order chi connectivity index (χ0) is 11.2. The van der Waals surface area contributed by atoms with Crippen molar-refractivity contribution in [3.8, 4) is 0 Å². The second-order valence-electron chi connectivity index (χ2n) is 5.86. The van der Waals surface area contributed by atoms with E-state index in [1.807, 2.05) is 0 Å². The standard InChI is InChI=1S/C14H27NO/c1-12-2-4-13(5-3-12)10-16-11-14-6-8-15-9-7-14/h12-15H,2-11H2,1H3. The Morgan fingerprint density at radius 3 is 2.06 bits per heavy atom. The number of nitrogens with one attached hydrogen (secondary N) is 1. The minimum atomic E-state index is 0.823.